The van der Waals surface area contributed by atoms with Gasteiger partial charge in [-0.25, -0.2) is 0 Å². The van der Waals surface area contributed by atoms with Crippen molar-refractivity contribution in [3.05, 3.63) is 28.8 Å². The van der Waals surface area contributed by atoms with E-state index in [0.717, 1.165) is 36.0 Å². The summed E-state index contributed by atoms with van der Waals surface area (Å²) in [5, 5.41) is 0.742. The van der Waals surface area contributed by atoms with Crippen LogP contribution >= 0.6 is 23.2 Å². The van der Waals surface area contributed by atoms with Crippen molar-refractivity contribution in [2.24, 2.45) is 0 Å². The van der Waals surface area contributed by atoms with Crippen molar-refractivity contribution < 1.29 is 4.74 Å². The van der Waals surface area contributed by atoms with Crippen LogP contribution in [0.5, 0.6) is 0 Å². The number of benzene rings is 1. The summed E-state index contributed by atoms with van der Waals surface area (Å²) in [4.78, 5) is 2.29. The zero-order valence-electron chi connectivity index (χ0n) is 9.25. The van der Waals surface area contributed by atoms with E-state index >= 15 is 0 Å². The monoisotopic (exact) mass is 259 g/mol. The Morgan fingerprint density at radius 2 is 2.31 bits per heavy atom. The number of hydrogen-bond acceptors (Lipinski definition) is 2. The van der Waals surface area contributed by atoms with Gasteiger partial charge in [0.05, 0.1) is 18.6 Å². The molecule has 0 radical (unpaired) electrons. The van der Waals surface area contributed by atoms with Crippen LogP contribution in [0.15, 0.2) is 18.2 Å². The molecule has 2 rings (SSSR count). The summed E-state index contributed by atoms with van der Waals surface area (Å²) in [6, 6.07) is 5.92. The molecule has 0 amide bonds. The van der Waals surface area contributed by atoms with Crippen molar-refractivity contribution in [1.82, 2.24) is 0 Å². The molecule has 0 spiro atoms. The minimum Gasteiger partial charge on any atom is -0.375 e. The van der Waals surface area contributed by atoms with Crippen LogP contribution in [0.25, 0.3) is 0 Å². The van der Waals surface area contributed by atoms with Crippen molar-refractivity contribution in [2.75, 3.05) is 24.6 Å². The van der Waals surface area contributed by atoms with Gasteiger partial charge in [0.25, 0.3) is 0 Å². The molecule has 16 heavy (non-hydrogen) atoms. The Hall–Kier alpha value is -0.440. The van der Waals surface area contributed by atoms with Gasteiger partial charge in [-0.1, -0.05) is 17.7 Å². The predicted octanol–water partition coefficient (Wildman–Crippen LogP) is 3.30. The van der Waals surface area contributed by atoms with Crippen LogP contribution in [0.2, 0.25) is 5.02 Å². The minimum absolute atomic E-state index is 0.260. The first-order chi connectivity index (χ1) is 7.72. The summed E-state index contributed by atoms with van der Waals surface area (Å²) in [7, 11) is 0. The summed E-state index contributed by atoms with van der Waals surface area (Å²) in [5.41, 5.74) is 2.15. The number of morpholine rings is 1. The smallest absolute Gasteiger partial charge is 0.0722 e. The summed E-state index contributed by atoms with van der Waals surface area (Å²) in [5.74, 6) is 0.445. The van der Waals surface area contributed by atoms with E-state index in [1.807, 2.05) is 12.1 Å². The van der Waals surface area contributed by atoms with Crippen LogP contribution in [-0.4, -0.2) is 25.8 Å². The Labute approximate surface area is 106 Å². The highest BCUT2D eigenvalue weighted by molar-refractivity contribution is 6.32. The molecule has 4 heteroatoms. The Bertz CT molecular complexity index is 370. The Morgan fingerprint density at radius 1 is 1.50 bits per heavy atom. The highest BCUT2D eigenvalue weighted by atomic mass is 35.5. The lowest BCUT2D eigenvalue weighted by Gasteiger charge is -2.34. The molecule has 0 bridgehead atoms. The predicted molar refractivity (Wildman–Crippen MR) is 68.6 cm³/mol. The summed E-state index contributed by atoms with van der Waals surface area (Å²) in [6.45, 7) is 4.63. The standard InChI is InChI=1S/C12H15Cl2NO/c1-9-8-15(5-6-16-9)12-4-2-3-11(14)10(12)7-13/h2-4,9H,5-8H2,1H3. The van der Waals surface area contributed by atoms with E-state index in [1.54, 1.807) is 0 Å². The first-order valence-corrected chi connectivity index (χ1v) is 6.33. The van der Waals surface area contributed by atoms with Gasteiger partial charge < -0.3 is 9.64 Å². The lowest BCUT2D eigenvalue weighted by Crippen LogP contribution is -2.41. The molecule has 1 unspecified atom stereocenters. The Kier molecular flexibility index (Phi) is 3.95. The zero-order chi connectivity index (χ0) is 11.5. The van der Waals surface area contributed by atoms with Crippen LogP contribution in [0.1, 0.15) is 12.5 Å². The maximum atomic E-state index is 6.14. The van der Waals surface area contributed by atoms with E-state index in [0.29, 0.717) is 5.88 Å². The van der Waals surface area contributed by atoms with Crippen LogP contribution in [-0.2, 0) is 10.6 Å². The van der Waals surface area contributed by atoms with Gasteiger partial charge in [0, 0.05) is 29.4 Å². The normalized spacial score (nSPS) is 21.2. The van der Waals surface area contributed by atoms with Crippen molar-refractivity contribution in [3.8, 4) is 0 Å². The largest absolute Gasteiger partial charge is 0.375 e. The SMILES string of the molecule is CC1CN(c2cccc(Cl)c2CCl)CCO1. The fraction of sp³-hybridized carbons (Fsp3) is 0.500. The molecule has 0 saturated carbocycles. The van der Waals surface area contributed by atoms with Gasteiger partial charge in [0.2, 0.25) is 0 Å². The third-order valence-electron chi connectivity index (χ3n) is 2.81. The quantitative estimate of drug-likeness (QED) is 0.756. The number of hydrogen-bond donors (Lipinski definition) is 0. The minimum atomic E-state index is 0.260. The van der Waals surface area contributed by atoms with Gasteiger partial charge >= 0.3 is 0 Å². The second-order valence-corrected chi connectivity index (χ2v) is 4.67. The maximum absolute atomic E-state index is 6.14. The number of halogens is 2. The number of ether oxygens (including phenoxy) is 1. The first-order valence-electron chi connectivity index (χ1n) is 5.42. The fourth-order valence-corrected chi connectivity index (χ4v) is 2.60. The number of rotatable bonds is 2. The van der Waals surface area contributed by atoms with E-state index < -0.39 is 0 Å². The van der Waals surface area contributed by atoms with Crippen molar-refractivity contribution in [3.63, 3.8) is 0 Å². The van der Waals surface area contributed by atoms with Gasteiger partial charge in [-0.05, 0) is 19.1 Å². The Balaban J connectivity index is 2.28. The van der Waals surface area contributed by atoms with Crippen LogP contribution < -0.4 is 4.90 Å². The molecule has 0 aromatic heterocycles. The van der Waals surface area contributed by atoms with E-state index in [1.165, 1.54) is 0 Å². The van der Waals surface area contributed by atoms with Gasteiger partial charge in [-0.3, -0.25) is 0 Å². The first kappa shape index (κ1) is 12.0. The number of anilines is 1. The summed E-state index contributed by atoms with van der Waals surface area (Å²) in [6.07, 6.45) is 0.260. The van der Waals surface area contributed by atoms with Crippen molar-refractivity contribution >= 4 is 28.9 Å². The zero-order valence-corrected chi connectivity index (χ0v) is 10.8. The highest BCUT2D eigenvalue weighted by Crippen LogP contribution is 2.30. The second-order valence-electron chi connectivity index (χ2n) is 4.00. The molecular weight excluding hydrogens is 245 g/mol. The van der Waals surface area contributed by atoms with Crippen LogP contribution in [0.3, 0.4) is 0 Å². The number of nitrogens with zero attached hydrogens (tertiary/aromatic N) is 1. The van der Waals surface area contributed by atoms with Gasteiger partial charge in [-0.2, -0.15) is 0 Å². The van der Waals surface area contributed by atoms with Crippen LogP contribution in [0.4, 0.5) is 5.69 Å². The number of alkyl halides is 1. The fourth-order valence-electron chi connectivity index (χ4n) is 2.01. The molecule has 1 aromatic carbocycles. The molecule has 1 aromatic rings. The summed E-state index contributed by atoms with van der Waals surface area (Å²) < 4.78 is 5.53. The van der Waals surface area contributed by atoms with E-state index in [9.17, 15) is 0 Å². The topological polar surface area (TPSA) is 12.5 Å². The molecule has 0 aliphatic carbocycles. The maximum Gasteiger partial charge on any atom is 0.0722 e. The molecule has 88 valence electrons. The van der Waals surface area contributed by atoms with E-state index in [2.05, 4.69) is 17.9 Å². The van der Waals surface area contributed by atoms with Gasteiger partial charge in [0.15, 0.2) is 0 Å². The average molecular weight is 260 g/mol. The molecule has 1 atom stereocenters. The third-order valence-corrected chi connectivity index (χ3v) is 3.43. The van der Waals surface area contributed by atoms with Crippen LogP contribution in [0, 0.1) is 0 Å². The van der Waals surface area contributed by atoms with E-state index in [-0.39, 0.29) is 6.10 Å². The third kappa shape index (κ3) is 2.45. The molecule has 2 nitrogen and oxygen atoms in total. The Morgan fingerprint density at radius 3 is 3.00 bits per heavy atom. The van der Waals surface area contributed by atoms with Crippen molar-refractivity contribution in [1.29, 1.82) is 0 Å². The van der Waals surface area contributed by atoms with Gasteiger partial charge in [0.1, 0.15) is 0 Å². The van der Waals surface area contributed by atoms with Gasteiger partial charge in [-0.15, -0.1) is 11.6 Å². The average Bonchev–Trinajstić information content (AvgIpc) is 2.28. The molecule has 1 fully saturated rings. The summed E-state index contributed by atoms with van der Waals surface area (Å²) >= 11 is 12.1. The van der Waals surface area contributed by atoms with Crippen molar-refractivity contribution in [2.45, 2.75) is 18.9 Å². The highest BCUT2D eigenvalue weighted by Gasteiger charge is 2.19. The molecule has 0 N–H and O–H groups in total. The second kappa shape index (κ2) is 5.26. The lowest BCUT2D eigenvalue weighted by atomic mass is 10.1. The molecule has 1 aliphatic rings. The lowest BCUT2D eigenvalue weighted by molar-refractivity contribution is 0.0532. The molecular formula is C12H15Cl2NO. The molecule has 1 heterocycles. The van der Waals surface area contributed by atoms with E-state index in [4.69, 9.17) is 27.9 Å². The molecule has 1 aliphatic heterocycles. The molecule has 1 saturated heterocycles.